The largest absolute Gasteiger partial charge is 1.00 e. The second-order valence-corrected chi connectivity index (χ2v) is 10.5. The quantitative estimate of drug-likeness (QED) is 0.335. The van der Waals surface area contributed by atoms with Crippen LogP contribution in [-0.4, -0.2) is 36.2 Å². The molecule has 1 aliphatic carbocycles. The number of esters is 1. The molecule has 184 valence electrons. The molecule has 0 radical (unpaired) electrons. The number of fused-ring (bicyclic) bond motifs is 3. The summed E-state index contributed by atoms with van der Waals surface area (Å²) in [7, 11) is 0. The Balaban J connectivity index is 0.00000274. The lowest BCUT2D eigenvalue weighted by Crippen LogP contribution is -3.00. The Bertz CT molecular complexity index is 983. The highest BCUT2D eigenvalue weighted by Gasteiger charge is 2.50. The molecule has 4 fully saturated rings. The van der Waals surface area contributed by atoms with Crippen LogP contribution in [0.5, 0.6) is 0 Å². The number of halogens is 3. The van der Waals surface area contributed by atoms with Gasteiger partial charge < -0.3 is 26.2 Å². The smallest absolute Gasteiger partial charge is 0.317 e. The van der Waals surface area contributed by atoms with Crippen molar-refractivity contribution >= 4 is 5.97 Å². The fourth-order valence-electron chi connectivity index (χ4n) is 6.55. The molecule has 0 aromatic heterocycles. The van der Waals surface area contributed by atoms with E-state index in [1.165, 1.54) is 25.0 Å². The van der Waals surface area contributed by atoms with Gasteiger partial charge in [-0.05, 0) is 30.5 Å². The summed E-state index contributed by atoms with van der Waals surface area (Å²) in [4.78, 5) is 13.8. The van der Waals surface area contributed by atoms with Gasteiger partial charge in [0.25, 0.3) is 0 Å². The van der Waals surface area contributed by atoms with Gasteiger partial charge in [-0.2, -0.15) is 0 Å². The number of hydrogen-bond acceptors (Lipinski definition) is 2. The fourth-order valence-corrected chi connectivity index (χ4v) is 6.55. The van der Waals surface area contributed by atoms with E-state index in [0.29, 0.717) is 12.5 Å². The van der Waals surface area contributed by atoms with E-state index in [9.17, 15) is 13.6 Å². The first-order chi connectivity index (χ1) is 16.0. The standard InChI is InChI=1S/C28H34F2NO2.BrH/c29-24-11-10-21(18-25(24)30)19-31-16-12-22(13-17-31)26(20-31)33-27(32)28(14-6-1-2-7-15-28)23-8-4-3-5-9-23;/h3-5,8-11,18,22,26H,1-2,6-7,12-17,19-20H2;1H/q+1;/p-1/t22?,26-,31?;/m0./s1. The number of piperidine rings is 3. The molecule has 34 heavy (non-hydrogen) atoms. The van der Waals surface area contributed by atoms with Crippen molar-refractivity contribution in [1.29, 1.82) is 0 Å². The summed E-state index contributed by atoms with van der Waals surface area (Å²) in [5.41, 5.74) is 1.35. The number of quaternary nitrogens is 1. The van der Waals surface area contributed by atoms with E-state index in [-0.39, 0.29) is 29.1 Å². The van der Waals surface area contributed by atoms with Crippen LogP contribution in [0, 0.1) is 17.6 Å². The number of carbonyl (C=O) groups is 1. The average molecular weight is 534 g/mol. The molecule has 6 heteroatoms. The summed E-state index contributed by atoms with van der Waals surface area (Å²) in [6.07, 6.45) is 8.06. The maximum atomic E-state index is 13.8. The molecule has 1 atom stereocenters. The zero-order chi connectivity index (χ0) is 22.9. The fraction of sp³-hybridized carbons (Fsp3) is 0.536. The number of ether oxygens (including phenoxy) is 1. The van der Waals surface area contributed by atoms with Gasteiger partial charge in [-0.3, -0.25) is 4.79 Å². The summed E-state index contributed by atoms with van der Waals surface area (Å²) in [5, 5.41) is 0. The first-order valence-electron chi connectivity index (χ1n) is 12.6. The van der Waals surface area contributed by atoms with Crippen LogP contribution >= 0.6 is 0 Å². The summed E-state index contributed by atoms with van der Waals surface area (Å²) in [6, 6.07) is 14.4. The van der Waals surface area contributed by atoms with Crippen LogP contribution in [0.1, 0.15) is 62.5 Å². The van der Waals surface area contributed by atoms with Gasteiger partial charge in [0.2, 0.25) is 0 Å². The van der Waals surface area contributed by atoms with E-state index in [1.807, 2.05) is 18.2 Å². The number of rotatable bonds is 5. The van der Waals surface area contributed by atoms with Gasteiger partial charge >= 0.3 is 5.97 Å². The minimum Gasteiger partial charge on any atom is -1.00 e. The van der Waals surface area contributed by atoms with Gasteiger partial charge in [0.15, 0.2) is 17.7 Å². The van der Waals surface area contributed by atoms with Crippen molar-refractivity contribution in [2.24, 2.45) is 5.92 Å². The average Bonchev–Trinajstić information content (AvgIpc) is 3.10. The molecule has 2 bridgehead atoms. The van der Waals surface area contributed by atoms with Crippen LogP contribution in [-0.2, 0) is 21.5 Å². The third kappa shape index (κ3) is 4.94. The lowest BCUT2D eigenvalue weighted by molar-refractivity contribution is -0.958. The van der Waals surface area contributed by atoms with Crippen LogP contribution in [0.3, 0.4) is 0 Å². The second-order valence-electron chi connectivity index (χ2n) is 10.5. The van der Waals surface area contributed by atoms with Crippen LogP contribution in [0.25, 0.3) is 0 Å². The molecule has 6 rings (SSSR count). The highest BCUT2D eigenvalue weighted by molar-refractivity contribution is 5.83. The molecule has 4 aliphatic rings. The van der Waals surface area contributed by atoms with Crippen molar-refractivity contribution in [2.45, 2.75) is 69.4 Å². The van der Waals surface area contributed by atoms with Crippen LogP contribution in [0.2, 0.25) is 0 Å². The number of hydrogen-bond donors (Lipinski definition) is 0. The molecule has 3 saturated heterocycles. The van der Waals surface area contributed by atoms with Crippen molar-refractivity contribution in [3.63, 3.8) is 0 Å². The minimum absolute atomic E-state index is 0. The maximum absolute atomic E-state index is 13.8. The van der Waals surface area contributed by atoms with E-state index >= 15 is 0 Å². The number of carbonyl (C=O) groups excluding carboxylic acids is 1. The minimum atomic E-state index is -0.808. The molecule has 1 saturated carbocycles. The number of nitrogens with zero attached hydrogens (tertiary/aromatic N) is 1. The Morgan fingerprint density at radius 3 is 2.26 bits per heavy atom. The van der Waals surface area contributed by atoms with Gasteiger partial charge in [0.05, 0.1) is 18.5 Å². The molecule has 2 aromatic rings. The topological polar surface area (TPSA) is 26.3 Å². The van der Waals surface area contributed by atoms with Crippen LogP contribution < -0.4 is 17.0 Å². The van der Waals surface area contributed by atoms with Crippen molar-refractivity contribution < 1.29 is 39.8 Å². The van der Waals surface area contributed by atoms with Crippen molar-refractivity contribution in [1.82, 2.24) is 0 Å². The highest BCUT2D eigenvalue weighted by Crippen LogP contribution is 2.42. The van der Waals surface area contributed by atoms with Gasteiger partial charge in [-0.1, -0.05) is 62.1 Å². The first kappa shape index (κ1) is 25.3. The molecule has 2 aromatic carbocycles. The molecule has 0 N–H and O–H groups in total. The molecular weight excluding hydrogens is 500 g/mol. The van der Waals surface area contributed by atoms with Crippen molar-refractivity contribution in [3.05, 3.63) is 71.3 Å². The van der Waals surface area contributed by atoms with E-state index in [0.717, 1.165) is 73.8 Å². The molecule has 3 aliphatic heterocycles. The Morgan fingerprint density at radius 2 is 1.62 bits per heavy atom. The zero-order valence-electron chi connectivity index (χ0n) is 19.7. The zero-order valence-corrected chi connectivity index (χ0v) is 21.2. The van der Waals surface area contributed by atoms with Crippen molar-refractivity contribution in [3.8, 4) is 0 Å². The predicted molar refractivity (Wildman–Crippen MR) is 123 cm³/mol. The van der Waals surface area contributed by atoms with Crippen molar-refractivity contribution in [2.75, 3.05) is 19.6 Å². The lowest BCUT2D eigenvalue weighted by Gasteiger charge is -2.52. The monoisotopic (exact) mass is 533 g/mol. The molecule has 0 amide bonds. The van der Waals surface area contributed by atoms with Gasteiger partial charge in [-0.15, -0.1) is 0 Å². The van der Waals surface area contributed by atoms with E-state index in [1.54, 1.807) is 6.07 Å². The molecular formula is C28H34BrF2NO2. The SMILES string of the molecule is O=C(O[C@H]1C[N+]2(Cc3ccc(F)c(F)c3)CCC1CC2)C1(c2ccccc2)CCCCCC1.[Br-]. The lowest BCUT2D eigenvalue weighted by atomic mass is 9.74. The molecule has 0 unspecified atom stereocenters. The Morgan fingerprint density at radius 1 is 0.941 bits per heavy atom. The third-order valence-electron chi connectivity index (χ3n) is 8.48. The second kappa shape index (κ2) is 10.4. The summed E-state index contributed by atoms with van der Waals surface area (Å²) in [5.74, 6) is -1.26. The Hall–Kier alpha value is -1.79. The third-order valence-corrected chi connectivity index (χ3v) is 8.48. The molecule has 3 heterocycles. The van der Waals surface area contributed by atoms with E-state index in [2.05, 4.69) is 12.1 Å². The highest BCUT2D eigenvalue weighted by atomic mass is 79.9. The summed E-state index contributed by atoms with van der Waals surface area (Å²) < 4.78 is 34.4. The van der Waals surface area contributed by atoms with Crippen LogP contribution in [0.4, 0.5) is 8.78 Å². The Kier molecular flexibility index (Phi) is 7.78. The van der Waals surface area contributed by atoms with Gasteiger partial charge in [0.1, 0.15) is 13.1 Å². The van der Waals surface area contributed by atoms with Gasteiger partial charge in [-0.25, -0.2) is 8.78 Å². The molecule has 3 nitrogen and oxygen atoms in total. The predicted octanol–water partition coefficient (Wildman–Crippen LogP) is 2.91. The van der Waals surface area contributed by atoms with Crippen LogP contribution in [0.15, 0.2) is 48.5 Å². The first-order valence-corrected chi connectivity index (χ1v) is 12.6. The summed E-state index contributed by atoms with van der Waals surface area (Å²) >= 11 is 0. The number of benzene rings is 2. The Labute approximate surface area is 211 Å². The summed E-state index contributed by atoms with van der Waals surface area (Å²) in [6.45, 7) is 3.42. The van der Waals surface area contributed by atoms with Gasteiger partial charge in [0, 0.05) is 24.3 Å². The van der Waals surface area contributed by atoms with E-state index < -0.39 is 17.0 Å². The van der Waals surface area contributed by atoms with E-state index in [4.69, 9.17) is 4.74 Å². The maximum Gasteiger partial charge on any atom is 0.317 e. The normalized spacial score (nSPS) is 27.9. The molecule has 0 spiro atoms.